The molecule has 0 aliphatic carbocycles. The number of benzene rings is 3. The van der Waals surface area contributed by atoms with Crippen molar-refractivity contribution >= 4 is 50.0 Å². The van der Waals surface area contributed by atoms with Gasteiger partial charge in [0.25, 0.3) is 5.91 Å². The third-order valence-electron chi connectivity index (χ3n) is 5.58. The Bertz CT molecular complexity index is 1620. The van der Waals surface area contributed by atoms with E-state index in [0.29, 0.717) is 41.0 Å². The Morgan fingerprint density at radius 2 is 1.75 bits per heavy atom. The lowest BCUT2D eigenvalue weighted by Crippen LogP contribution is -2.14. The smallest absolute Gasteiger partial charge is 0.349 e. The first-order chi connectivity index (χ1) is 17.5. The summed E-state index contributed by atoms with van der Waals surface area (Å²) >= 11 is 3.38. The zero-order valence-electron chi connectivity index (χ0n) is 18.8. The number of anilines is 2. The van der Waals surface area contributed by atoms with Crippen molar-refractivity contribution in [2.45, 2.75) is 12.8 Å². The van der Waals surface area contributed by atoms with E-state index in [9.17, 15) is 14.4 Å². The summed E-state index contributed by atoms with van der Waals surface area (Å²) < 4.78 is 5.33. The molecular formula is C26H20BrN5O4. The highest BCUT2D eigenvalue weighted by Gasteiger charge is 2.17. The van der Waals surface area contributed by atoms with E-state index < -0.39 is 11.7 Å². The molecule has 0 radical (unpaired) electrons. The number of fused-ring (bicyclic) bond motifs is 1. The number of hydrogen-bond acceptors (Lipinski definition) is 5. The molecule has 2 aromatic heterocycles. The van der Waals surface area contributed by atoms with Crippen LogP contribution in [0.3, 0.4) is 0 Å². The van der Waals surface area contributed by atoms with E-state index in [-0.39, 0.29) is 11.7 Å². The van der Waals surface area contributed by atoms with E-state index in [1.807, 2.05) is 42.5 Å². The number of carbonyl (C=O) groups is 2. The Morgan fingerprint density at radius 1 is 0.917 bits per heavy atom. The maximum atomic E-state index is 13.1. The summed E-state index contributed by atoms with van der Waals surface area (Å²) in [4.78, 5) is 42.7. The first-order valence-electron chi connectivity index (χ1n) is 11.1. The van der Waals surface area contributed by atoms with Gasteiger partial charge in [0.1, 0.15) is 5.69 Å². The fourth-order valence-electron chi connectivity index (χ4n) is 3.85. The summed E-state index contributed by atoms with van der Waals surface area (Å²) in [6.07, 6.45) is 0.971. The highest BCUT2D eigenvalue weighted by molar-refractivity contribution is 9.10. The second kappa shape index (κ2) is 10.0. The van der Waals surface area contributed by atoms with Gasteiger partial charge in [-0.05, 0) is 42.3 Å². The van der Waals surface area contributed by atoms with Gasteiger partial charge in [-0.2, -0.15) is 0 Å². The number of para-hydroxylation sites is 1. The van der Waals surface area contributed by atoms with Gasteiger partial charge in [-0.3, -0.25) is 19.1 Å². The molecule has 0 unspecified atom stereocenters. The highest BCUT2D eigenvalue weighted by Crippen LogP contribution is 2.30. The maximum absolute atomic E-state index is 13.1. The van der Waals surface area contributed by atoms with E-state index in [1.54, 1.807) is 30.3 Å². The number of H-pyrrole nitrogens is 2. The summed E-state index contributed by atoms with van der Waals surface area (Å²) in [5, 5.41) is 10.3. The Morgan fingerprint density at radius 3 is 2.53 bits per heavy atom. The monoisotopic (exact) mass is 545 g/mol. The quantitative estimate of drug-likeness (QED) is 0.226. The zero-order valence-corrected chi connectivity index (χ0v) is 20.4. The molecule has 0 spiro atoms. The SMILES string of the molecule is O=C(CCc1ccccc1)Nc1cccc2cc(C(=O)Nc3ccc(Br)cc3-c3noc(=O)[nH]3)[nH]c12. The summed E-state index contributed by atoms with van der Waals surface area (Å²) in [5.41, 5.74) is 3.54. The standard InChI is InChI=1S/C26H20BrN5O4/c27-17-10-11-19(18(14-17)24-31-26(35)36-32-24)30-25(34)21-13-16-7-4-8-20(23(16)29-21)28-22(33)12-9-15-5-2-1-3-6-15/h1-8,10-11,13-14,29H,9,12H2,(H,28,33)(H,30,34)(H,31,32,35). The van der Waals surface area contributed by atoms with Crippen molar-refractivity contribution in [3.05, 3.63) is 99.1 Å². The summed E-state index contributed by atoms with van der Waals surface area (Å²) in [6.45, 7) is 0. The third-order valence-corrected chi connectivity index (χ3v) is 6.08. The summed E-state index contributed by atoms with van der Waals surface area (Å²) in [7, 11) is 0. The van der Waals surface area contributed by atoms with Crippen molar-refractivity contribution < 1.29 is 14.1 Å². The lowest BCUT2D eigenvalue weighted by atomic mass is 10.1. The minimum absolute atomic E-state index is 0.118. The average molecular weight is 546 g/mol. The van der Waals surface area contributed by atoms with Crippen LogP contribution in [-0.4, -0.2) is 26.9 Å². The lowest BCUT2D eigenvalue weighted by molar-refractivity contribution is -0.116. The first kappa shape index (κ1) is 23.3. The molecule has 0 aliphatic heterocycles. The van der Waals surface area contributed by atoms with Crippen molar-refractivity contribution in [2.24, 2.45) is 0 Å². The number of hydrogen-bond donors (Lipinski definition) is 4. The first-order valence-corrected chi connectivity index (χ1v) is 11.9. The molecule has 2 heterocycles. The molecule has 36 heavy (non-hydrogen) atoms. The fraction of sp³-hybridized carbons (Fsp3) is 0.0769. The minimum atomic E-state index is -0.698. The predicted molar refractivity (Wildman–Crippen MR) is 140 cm³/mol. The predicted octanol–water partition coefficient (Wildman–Crippen LogP) is 5.10. The molecule has 4 N–H and O–H groups in total. The van der Waals surface area contributed by atoms with Gasteiger partial charge in [0.15, 0.2) is 5.82 Å². The van der Waals surface area contributed by atoms with Crippen LogP contribution in [-0.2, 0) is 11.2 Å². The lowest BCUT2D eigenvalue weighted by Gasteiger charge is -2.09. The van der Waals surface area contributed by atoms with E-state index in [1.165, 1.54) is 0 Å². The maximum Gasteiger partial charge on any atom is 0.439 e. The third kappa shape index (κ3) is 5.13. The van der Waals surface area contributed by atoms with E-state index in [4.69, 9.17) is 0 Å². The molecule has 0 aliphatic rings. The Kier molecular flexibility index (Phi) is 6.50. The summed E-state index contributed by atoms with van der Waals surface area (Å²) in [5.74, 6) is -1.03. The van der Waals surface area contributed by atoms with Crippen molar-refractivity contribution in [2.75, 3.05) is 10.6 Å². The number of nitrogens with one attached hydrogen (secondary N) is 4. The topological polar surface area (TPSA) is 133 Å². The molecule has 0 saturated heterocycles. The van der Waals surface area contributed by atoms with Crippen LogP contribution in [0.1, 0.15) is 22.5 Å². The molecule has 0 bridgehead atoms. The van der Waals surface area contributed by atoms with Crippen LogP contribution in [0, 0.1) is 0 Å². The molecule has 3 aromatic carbocycles. The van der Waals surface area contributed by atoms with Crippen LogP contribution in [0.15, 0.2) is 86.6 Å². The van der Waals surface area contributed by atoms with Gasteiger partial charge >= 0.3 is 5.76 Å². The molecule has 5 rings (SSSR count). The van der Waals surface area contributed by atoms with Gasteiger partial charge in [0, 0.05) is 21.8 Å². The van der Waals surface area contributed by atoms with E-state index in [2.05, 4.69) is 46.2 Å². The summed E-state index contributed by atoms with van der Waals surface area (Å²) in [6, 6.07) is 22.1. The second-order valence-electron chi connectivity index (χ2n) is 8.07. The van der Waals surface area contributed by atoms with Crippen molar-refractivity contribution in [1.29, 1.82) is 0 Å². The van der Waals surface area contributed by atoms with Gasteiger partial charge in [0.05, 0.1) is 16.9 Å². The van der Waals surface area contributed by atoms with E-state index in [0.717, 1.165) is 15.4 Å². The Labute approximate surface area is 213 Å². The molecule has 0 fully saturated rings. The second-order valence-corrected chi connectivity index (χ2v) is 8.99. The van der Waals surface area contributed by atoms with Gasteiger partial charge in [-0.15, -0.1) is 0 Å². The highest BCUT2D eigenvalue weighted by atomic mass is 79.9. The number of aromatic nitrogens is 3. The molecule has 0 saturated carbocycles. The zero-order chi connectivity index (χ0) is 25.1. The molecular weight excluding hydrogens is 526 g/mol. The number of aromatic amines is 2. The molecule has 10 heteroatoms. The van der Waals surface area contributed by atoms with Crippen LogP contribution in [0.2, 0.25) is 0 Å². The number of halogens is 1. The molecule has 0 atom stereocenters. The number of carbonyl (C=O) groups excluding carboxylic acids is 2. The van der Waals surface area contributed by atoms with Crippen LogP contribution in [0.4, 0.5) is 11.4 Å². The number of aryl methyl sites for hydroxylation is 1. The van der Waals surface area contributed by atoms with Gasteiger partial charge in [0.2, 0.25) is 5.91 Å². The van der Waals surface area contributed by atoms with Crippen molar-refractivity contribution in [3.8, 4) is 11.4 Å². The molecule has 180 valence electrons. The van der Waals surface area contributed by atoms with Gasteiger partial charge in [-0.1, -0.05) is 63.6 Å². The normalized spacial score (nSPS) is 10.9. The Hall–Kier alpha value is -4.44. The van der Waals surface area contributed by atoms with Crippen molar-refractivity contribution in [3.63, 3.8) is 0 Å². The fourth-order valence-corrected chi connectivity index (χ4v) is 4.22. The largest absolute Gasteiger partial charge is 0.439 e. The molecule has 5 aromatic rings. The molecule has 2 amide bonds. The van der Waals surface area contributed by atoms with Gasteiger partial charge in [-0.25, -0.2) is 4.79 Å². The van der Waals surface area contributed by atoms with Crippen LogP contribution < -0.4 is 16.4 Å². The van der Waals surface area contributed by atoms with Crippen molar-refractivity contribution in [1.82, 2.24) is 15.1 Å². The average Bonchev–Trinajstić information content (AvgIpc) is 3.51. The number of nitrogens with zero attached hydrogens (tertiary/aromatic N) is 1. The van der Waals surface area contributed by atoms with Crippen LogP contribution in [0.25, 0.3) is 22.3 Å². The molecule has 9 nitrogen and oxygen atoms in total. The van der Waals surface area contributed by atoms with Crippen LogP contribution in [0.5, 0.6) is 0 Å². The number of amides is 2. The van der Waals surface area contributed by atoms with E-state index >= 15 is 0 Å². The van der Waals surface area contributed by atoms with Gasteiger partial charge < -0.3 is 15.6 Å². The Balaban J connectivity index is 1.35. The van der Waals surface area contributed by atoms with Crippen LogP contribution >= 0.6 is 15.9 Å². The minimum Gasteiger partial charge on any atom is -0.349 e. The number of rotatable bonds is 7.